The molecule has 0 saturated carbocycles. The van der Waals surface area contributed by atoms with E-state index in [1.54, 1.807) is 0 Å². The Balaban J connectivity index is 0.00000338. The first kappa shape index (κ1) is 25.8. The maximum atomic E-state index is 12.6. The number of carbonyl (C=O) groups excluding carboxylic acids is 1. The minimum absolute atomic E-state index is 0. The van der Waals surface area contributed by atoms with E-state index in [-0.39, 0.29) is 36.8 Å². The molecule has 1 saturated heterocycles. The Morgan fingerprint density at radius 3 is 2.33 bits per heavy atom. The molecule has 1 aliphatic heterocycles. The van der Waals surface area contributed by atoms with Crippen LogP contribution in [0.2, 0.25) is 0 Å². The van der Waals surface area contributed by atoms with E-state index in [1.807, 2.05) is 18.7 Å². The molecule has 0 bridgehead atoms. The Hall–Kier alpha value is -1.25. The third-order valence-electron chi connectivity index (χ3n) is 4.30. The summed E-state index contributed by atoms with van der Waals surface area (Å²) in [6.07, 6.45) is -1.46. The number of alkyl halides is 3. The van der Waals surface area contributed by atoms with Crippen LogP contribution < -0.4 is 16.0 Å². The van der Waals surface area contributed by atoms with Gasteiger partial charge < -0.3 is 16.0 Å². The Morgan fingerprint density at radius 2 is 1.89 bits per heavy atom. The quantitative estimate of drug-likeness (QED) is 0.750. The smallest absolute Gasteiger partial charge is 0.356 e. The fourth-order valence-corrected chi connectivity index (χ4v) is 2.92. The van der Waals surface area contributed by atoms with E-state index < -0.39 is 17.8 Å². The Labute approximate surface area is 170 Å². The lowest BCUT2D eigenvalue weighted by Crippen LogP contribution is -2.50. The standard InChI is InChI=1S/C17H25F3N4O.2ClH/c1-11(2)9-14(21)16(25)23-13-5-7-24(8-6-13)15-4-3-12(10-22-15)17(18,19)20;;/h3-4,10-11,13-14H,5-9,21H2,1-2H3,(H,23,25);2*1H/t14-;;/m0../s1. The van der Waals surface area contributed by atoms with Crippen molar-refractivity contribution in [2.24, 2.45) is 11.7 Å². The number of nitrogens with two attached hydrogens (primary N) is 1. The Morgan fingerprint density at radius 1 is 1.30 bits per heavy atom. The van der Waals surface area contributed by atoms with Crippen LogP contribution in [0.3, 0.4) is 0 Å². The van der Waals surface area contributed by atoms with Crippen molar-refractivity contribution < 1.29 is 18.0 Å². The molecule has 1 atom stereocenters. The highest BCUT2D eigenvalue weighted by atomic mass is 35.5. The van der Waals surface area contributed by atoms with Crippen molar-refractivity contribution in [1.29, 1.82) is 0 Å². The van der Waals surface area contributed by atoms with Crippen molar-refractivity contribution >= 4 is 36.5 Å². The minimum Gasteiger partial charge on any atom is -0.356 e. The molecule has 2 heterocycles. The monoisotopic (exact) mass is 430 g/mol. The van der Waals surface area contributed by atoms with Crippen LogP contribution in [-0.2, 0) is 11.0 Å². The van der Waals surface area contributed by atoms with Gasteiger partial charge in [-0.05, 0) is 37.3 Å². The third-order valence-corrected chi connectivity index (χ3v) is 4.30. The molecule has 0 unspecified atom stereocenters. The molecule has 0 radical (unpaired) electrons. The second-order valence-corrected chi connectivity index (χ2v) is 6.91. The van der Waals surface area contributed by atoms with Gasteiger partial charge in [-0.3, -0.25) is 4.79 Å². The van der Waals surface area contributed by atoms with Crippen LogP contribution in [0.25, 0.3) is 0 Å². The summed E-state index contributed by atoms with van der Waals surface area (Å²) in [4.78, 5) is 17.9. The highest BCUT2D eigenvalue weighted by Gasteiger charge is 2.31. The molecule has 5 nitrogen and oxygen atoms in total. The van der Waals surface area contributed by atoms with Gasteiger partial charge in [-0.1, -0.05) is 13.8 Å². The number of nitrogens with one attached hydrogen (secondary N) is 1. The zero-order valence-corrected chi connectivity index (χ0v) is 17.0. The maximum Gasteiger partial charge on any atom is 0.417 e. The van der Waals surface area contributed by atoms with Crippen molar-refractivity contribution in [3.05, 3.63) is 23.9 Å². The van der Waals surface area contributed by atoms with Gasteiger partial charge in [-0.15, -0.1) is 24.8 Å². The van der Waals surface area contributed by atoms with Gasteiger partial charge in [0.05, 0.1) is 11.6 Å². The molecule has 0 spiro atoms. The van der Waals surface area contributed by atoms with Gasteiger partial charge in [0.2, 0.25) is 5.91 Å². The lowest BCUT2D eigenvalue weighted by molar-refractivity contribution is -0.137. The van der Waals surface area contributed by atoms with E-state index in [9.17, 15) is 18.0 Å². The van der Waals surface area contributed by atoms with Crippen LogP contribution in [0.1, 0.15) is 38.7 Å². The molecular weight excluding hydrogens is 404 g/mol. The first-order valence-electron chi connectivity index (χ1n) is 8.51. The number of anilines is 1. The van der Waals surface area contributed by atoms with Crippen molar-refractivity contribution in [3.63, 3.8) is 0 Å². The number of rotatable bonds is 5. The van der Waals surface area contributed by atoms with E-state index >= 15 is 0 Å². The molecular formula is C17H27Cl2F3N4O. The minimum atomic E-state index is -4.38. The second kappa shape index (κ2) is 10.9. The number of hydrogen-bond donors (Lipinski definition) is 2. The molecule has 1 amide bonds. The molecule has 156 valence electrons. The van der Waals surface area contributed by atoms with Crippen LogP contribution in [0.15, 0.2) is 18.3 Å². The normalized spacial score (nSPS) is 16.3. The van der Waals surface area contributed by atoms with Gasteiger partial charge in [0.1, 0.15) is 5.82 Å². The molecule has 1 aromatic rings. The molecule has 1 aliphatic rings. The van der Waals surface area contributed by atoms with Crippen molar-refractivity contribution in [2.75, 3.05) is 18.0 Å². The number of hydrogen-bond acceptors (Lipinski definition) is 4. The van der Waals surface area contributed by atoms with E-state index in [0.29, 0.717) is 44.1 Å². The van der Waals surface area contributed by atoms with Crippen LogP contribution in [-0.4, -0.2) is 36.1 Å². The van der Waals surface area contributed by atoms with Crippen LogP contribution in [0.4, 0.5) is 19.0 Å². The lowest BCUT2D eigenvalue weighted by Gasteiger charge is -2.33. The summed E-state index contributed by atoms with van der Waals surface area (Å²) < 4.78 is 37.7. The van der Waals surface area contributed by atoms with Crippen molar-refractivity contribution in [2.45, 2.75) is 51.4 Å². The van der Waals surface area contributed by atoms with Gasteiger partial charge in [-0.2, -0.15) is 13.2 Å². The number of amides is 1. The van der Waals surface area contributed by atoms with E-state index in [4.69, 9.17) is 5.73 Å². The molecule has 1 aromatic heterocycles. The van der Waals surface area contributed by atoms with Crippen molar-refractivity contribution in [1.82, 2.24) is 10.3 Å². The van der Waals surface area contributed by atoms with Gasteiger partial charge in [0.15, 0.2) is 0 Å². The number of pyridine rings is 1. The lowest BCUT2D eigenvalue weighted by atomic mass is 10.0. The first-order valence-corrected chi connectivity index (χ1v) is 8.51. The maximum absolute atomic E-state index is 12.6. The summed E-state index contributed by atoms with van der Waals surface area (Å²) in [7, 11) is 0. The highest BCUT2D eigenvalue weighted by Crippen LogP contribution is 2.29. The largest absolute Gasteiger partial charge is 0.417 e. The summed E-state index contributed by atoms with van der Waals surface area (Å²) in [5.41, 5.74) is 5.13. The number of carbonyl (C=O) groups is 1. The molecule has 3 N–H and O–H groups in total. The average Bonchev–Trinajstić information content (AvgIpc) is 2.54. The van der Waals surface area contributed by atoms with Gasteiger partial charge >= 0.3 is 6.18 Å². The number of halogens is 5. The topological polar surface area (TPSA) is 71.2 Å². The summed E-state index contributed by atoms with van der Waals surface area (Å²) in [6.45, 7) is 5.29. The fraction of sp³-hybridized carbons (Fsp3) is 0.647. The van der Waals surface area contributed by atoms with Crippen molar-refractivity contribution in [3.8, 4) is 0 Å². The molecule has 2 rings (SSSR count). The number of aromatic nitrogens is 1. The third kappa shape index (κ3) is 7.71. The Bertz CT molecular complexity index is 577. The predicted octanol–water partition coefficient (Wildman–Crippen LogP) is 3.40. The van der Waals surface area contributed by atoms with Crippen LogP contribution in [0, 0.1) is 5.92 Å². The summed E-state index contributed by atoms with van der Waals surface area (Å²) in [5.74, 6) is 0.738. The molecule has 27 heavy (non-hydrogen) atoms. The van der Waals surface area contributed by atoms with E-state index in [0.717, 1.165) is 12.3 Å². The van der Waals surface area contributed by atoms with Gasteiger partial charge in [0.25, 0.3) is 0 Å². The first-order chi connectivity index (χ1) is 11.7. The number of nitrogens with zero attached hydrogens (tertiary/aromatic N) is 2. The summed E-state index contributed by atoms with van der Waals surface area (Å²) >= 11 is 0. The number of piperidine rings is 1. The molecule has 0 aliphatic carbocycles. The predicted molar refractivity (Wildman–Crippen MR) is 105 cm³/mol. The summed E-state index contributed by atoms with van der Waals surface area (Å²) in [6, 6.07) is 1.97. The van der Waals surface area contributed by atoms with E-state index in [2.05, 4.69) is 10.3 Å². The average molecular weight is 431 g/mol. The van der Waals surface area contributed by atoms with Crippen LogP contribution in [0.5, 0.6) is 0 Å². The molecule has 10 heteroatoms. The SMILES string of the molecule is CC(C)C[C@H](N)C(=O)NC1CCN(c2ccc(C(F)(F)F)cn2)CC1.Cl.Cl. The van der Waals surface area contributed by atoms with Gasteiger partial charge in [-0.25, -0.2) is 4.98 Å². The second-order valence-electron chi connectivity index (χ2n) is 6.91. The zero-order valence-electron chi connectivity index (χ0n) is 15.3. The summed E-state index contributed by atoms with van der Waals surface area (Å²) in [5, 5.41) is 2.97. The fourth-order valence-electron chi connectivity index (χ4n) is 2.92. The Kier molecular flexibility index (Phi) is 10.4. The molecule has 1 fully saturated rings. The zero-order chi connectivity index (χ0) is 18.6. The van der Waals surface area contributed by atoms with Gasteiger partial charge in [0, 0.05) is 25.3 Å². The van der Waals surface area contributed by atoms with Crippen LogP contribution >= 0.6 is 24.8 Å². The molecule has 0 aromatic carbocycles. The van der Waals surface area contributed by atoms with E-state index in [1.165, 1.54) is 6.07 Å². The highest BCUT2D eigenvalue weighted by molar-refractivity contribution is 5.85.